The van der Waals surface area contributed by atoms with Crippen molar-refractivity contribution >= 4 is 33.4 Å². The third-order valence-corrected chi connectivity index (χ3v) is 6.90. The van der Waals surface area contributed by atoms with E-state index in [1.807, 2.05) is 11.8 Å². The molecule has 0 amide bonds. The number of thioether (sulfide) groups is 1. The molecular weight excluding hydrogens is 254 g/mol. The van der Waals surface area contributed by atoms with Gasteiger partial charge in [-0.05, 0) is 13.3 Å². The van der Waals surface area contributed by atoms with E-state index in [4.69, 9.17) is 11.6 Å². The van der Waals surface area contributed by atoms with Gasteiger partial charge in [0.2, 0.25) is 10.0 Å². The van der Waals surface area contributed by atoms with Gasteiger partial charge in [-0.25, -0.2) is 8.42 Å². The number of sulfonamides is 1. The summed E-state index contributed by atoms with van der Waals surface area (Å²) < 4.78 is 25.6. The second-order valence-electron chi connectivity index (χ2n) is 3.77. The molecule has 90 valence electrons. The summed E-state index contributed by atoms with van der Waals surface area (Å²) in [6.07, 6.45) is 1.02. The number of hydrogen-bond acceptors (Lipinski definition) is 3. The molecule has 0 aliphatic carbocycles. The van der Waals surface area contributed by atoms with Crippen molar-refractivity contribution in [3.05, 3.63) is 0 Å². The highest BCUT2D eigenvalue weighted by molar-refractivity contribution is 8.00. The largest absolute Gasteiger partial charge is 0.217 e. The molecule has 0 aromatic heterocycles. The number of hydrogen-bond donors (Lipinski definition) is 0. The Labute approximate surface area is 102 Å². The van der Waals surface area contributed by atoms with Crippen LogP contribution in [0.4, 0.5) is 0 Å². The van der Waals surface area contributed by atoms with Crippen LogP contribution >= 0.6 is 23.4 Å². The van der Waals surface area contributed by atoms with Crippen molar-refractivity contribution in [1.82, 2.24) is 4.31 Å². The van der Waals surface area contributed by atoms with Gasteiger partial charge in [0.05, 0.1) is 5.25 Å². The molecule has 1 rings (SSSR count). The molecule has 0 saturated carbocycles. The fraction of sp³-hybridized carbons (Fsp3) is 1.00. The third kappa shape index (κ3) is 3.25. The monoisotopic (exact) mass is 271 g/mol. The Kier molecular flexibility index (Phi) is 5.22. The van der Waals surface area contributed by atoms with E-state index in [1.54, 1.807) is 11.2 Å². The molecule has 0 spiro atoms. The molecule has 2 unspecified atom stereocenters. The van der Waals surface area contributed by atoms with Crippen LogP contribution in [0.5, 0.6) is 0 Å². The van der Waals surface area contributed by atoms with E-state index in [1.165, 1.54) is 0 Å². The summed E-state index contributed by atoms with van der Waals surface area (Å²) >= 11 is 7.48. The van der Waals surface area contributed by atoms with Gasteiger partial charge in [-0.15, -0.1) is 11.6 Å². The van der Waals surface area contributed by atoms with E-state index >= 15 is 0 Å². The first kappa shape index (κ1) is 13.6. The minimum atomic E-state index is -3.17. The highest BCUT2D eigenvalue weighted by Crippen LogP contribution is 2.24. The lowest BCUT2D eigenvalue weighted by Gasteiger charge is -2.32. The van der Waals surface area contributed by atoms with E-state index in [2.05, 4.69) is 6.92 Å². The minimum Gasteiger partial charge on any atom is -0.212 e. The van der Waals surface area contributed by atoms with Crippen LogP contribution in [0.2, 0.25) is 0 Å². The molecule has 0 bridgehead atoms. The van der Waals surface area contributed by atoms with Gasteiger partial charge in [0, 0.05) is 30.0 Å². The van der Waals surface area contributed by atoms with Crippen LogP contribution in [0.25, 0.3) is 0 Å². The molecule has 1 heterocycles. The first-order valence-corrected chi connectivity index (χ1v) is 8.27. The van der Waals surface area contributed by atoms with Crippen molar-refractivity contribution < 1.29 is 8.42 Å². The molecule has 1 fully saturated rings. The number of nitrogens with zero attached hydrogens (tertiary/aromatic N) is 1. The van der Waals surface area contributed by atoms with Gasteiger partial charge in [0.1, 0.15) is 0 Å². The second-order valence-corrected chi connectivity index (χ2v) is 7.84. The average Bonchev–Trinajstić information content (AvgIpc) is 2.27. The third-order valence-electron chi connectivity index (χ3n) is 2.64. The average molecular weight is 272 g/mol. The van der Waals surface area contributed by atoms with Crippen molar-refractivity contribution in [1.29, 1.82) is 0 Å². The standard InChI is InChI=1S/C9H18ClNO2S2/c1-3-9-7-11(4-5-14-9)15(12,13)8(2)6-10/h8-9H,3-7H2,1-2H3. The minimum absolute atomic E-state index is 0.169. The lowest BCUT2D eigenvalue weighted by molar-refractivity contribution is 0.411. The van der Waals surface area contributed by atoms with Gasteiger partial charge in [0.25, 0.3) is 0 Å². The summed E-state index contributed by atoms with van der Waals surface area (Å²) in [6, 6.07) is 0. The topological polar surface area (TPSA) is 37.4 Å². The van der Waals surface area contributed by atoms with Crippen LogP contribution in [-0.2, 0) is 10.0 Å². The van der Waals surface area contributed by atoms with Crippen LogP contribution in [0.3, 0.4) is 0 Å². The Morgan fingerprint density at radius 3 is 2.80 bits per heavy atom. The van der Waals surface area contributed by atoms with Crippen molar-refractivity contribution in [3.8, 4) is 0 Å². The van der Waals surface area contributed by atoms with Crippen molar-refractivity contribution in [2.45, 2.75) is 30.8 Å². The first-order chi connectivity index (χ1) is 7.02. The van der Waals surface area contributed by atoms with Crippen molar-refractivity contribution in [2.75, 3.05) is 24.7 Å². The van der Waals surface area contributed by atoms with Gasteiger partial charge in [-0.2, -0.15) is 16.1 Å². The maximum atomic E-state index is 12.0. The highest BCUT2D eigenvalue weighted by atomic mass is 35.5. The van der Waals surface area contributed by atoms with Crippen LogP contribution in [0.1, 0.15) is 20.3 Å². The van der Waals surface area contributed by atoms with Crippen LogP contribution in [-0.4, -0.2) is 47.9 Å². The zero-order valence-electron chi connectivity index (χ0n) is 9.15. The molecule has 6 heteroatoms. The van der Waals surface area contributed by atoms with E-state index in [9.17, 15) is 8.42 Å². The zero-order valence-corrected chi connectivity index (χ0v) is 11.5. The summed E-state index contributed by atoms with van der Waals surface area (Å²) in [6.45, 7) is 5.04. The van der Waals surface area contributed by atoms with Crippen LogP contribution < -0.4 is 0 Å². The van der Waals surface area contributed by atoms with Gasteiger partial charge >= 0.3 is 0 Å². The van der Waals surface area contributed by atoms with Gasteiger partial charge in [0.15, 0.2) is 0 Å². The highest BCUT2D eigenvalue weighted by Gasteiger charge is 2.32. The summed E-state index contributed by atoms with van der Waals surface area (Å²) in [5.74, 6) is 1.06. The molecule has 1 saturated heterocycles. The summed E-state index contributed by atoms with van der Waals surface area (Å²) in [5, 5.41) is -0.0316. The molecule has 0 N–H and O–H groups in total. The predicted octanol–water partition coefficient (Wildman–Crippen LogP) is 1.77. The molecule has 2 atom stereocenters. The van der Waals surface area contributed by atoms with Crippen LogP contribution in [0, 0.1) is 0 Å². The Balaban J connectivity index is 2.70. The fourth-order valence-electron chi connectivity index (χ4n) is 1.50. The number of rotatable bonds is 4. The smallest absolute Gasteiger partial charge is 0.212 e. The normalized spacial score (nSPS) is 26.5. The molecule has 1 aliphatic heterocycles. The molecule has 3 nitrogen and oxygen atoms in total. The Morgan fingerprint density at radius 2 is 2.27 bits per heavy atom. The van der Waals surface area contributed by atoms with Gasteiger partial charge < -0.3 is 0 Å². The van der Waals surface area contributed by atoms with Crippen LogP contribution in [0.15, 0.2) is 0 Å². The Bertz CT molecular complexity index is 294. The van der Waals surface area contributed by atoms with Crippen molar-refractivity contribution in [3.63, 3.8) is 0 Å². The van der Waals surface area contributed by atoms with E-state index < -0.39 is 15.3 Å². The van der Waals surface area contributed by atoms with Gasteiger partial charge in [-0.1, -0.05) is 6.92 Å². The first-order valence-electron chi connectivity index (χ1n) is 5.18. The molecule has 0 radical (unpaired) electrons. The lowest BCUT2D eigenvalue weighted by Crippen LogP contribution is -2.45. The SMILES string of the molecule is CCC1CN(S(=O)(=O)C(C)CCl)CCS1. The maximum absolute atomic E-state index is 12.0. The molecule has 15 heavy (non-hydrogen) atoms. The van der Waals surface area contributed by atoms with E-state index in [-0.39, 0.29) is 5.88 Å². The second kappa shape index (κ2) is 5.75. The maximum Gasteiger partial charge on any atom is 0.217 e. The molecule has 1 aliphatic rings. The quantitative estimate of drug-likeness (QED) is 0.732. The van der Waals surface area contributed by atoms with Gasteiger partial charge in [-0.3, -0.25) is 0 Å². The Morgan fingerprint density at radius 1 is 1.60 bits per heavy atom. The van der Waals surface area contributed by atoms with Crippen molar-refractivity contribution in [2.24, 2.45) is 0 Å². The number of halogens is 1. The molecule has 0 aromatic rings. The van der Waals surface area contributed by atoms with E-state index in [0.29, 0.717) is 18.3 Å². The lowest BCUT2D eigenvalue weighted by atomic mass is 10.3. The molecule has 0 aromatic carbocycles. The summed E-state index contributed by atoms with van der Waals surface area (Å²) in [4.78, 5) is 0. The Hall–Kier alpha value is 0.550. The predicted molar refractivity (Wildman–Crippen MR) is 67.2 cm³/mol. The number of alkyl halides is 1. The zero-order chi connectivity index (χ0) is 11.5. The summed E-state index contributed by atoms with van der Waals surface area (Å²) in [7, 11) is -3.17. The summed E-state index contributed by atoms with van der Waals surface area (Å²) in [5.41, 5.74) is 0. The molecular formula is C9H18ClNO2S2. The van der Waals surface area contributed by atoms with E-state index in [0.717, 1.165) is 12.2 Å². The fourth-order valence-corrected chi connectivity index (χ4v) is 4.77.